The van der Waals surface area contributed by atoms with Crippen LogP contribution in [0.25, 0.3) is 0 Å². The number of para-hydroxylation sites is 1. The summed E-state index contributed by atoms with van der Waals surface area (Å²) in [6.45, 7) is 0.788. The van der Waals surface area contributed by atoms with E-state index in [4.69, 9.17) is 21.1 Å². The monoisotopic (exact) mass is 420 g/mol. The average molecular weight is 421 g/mol. The summed E-state index contributed by atoms with van der Waals surface area (Å²) in [5.74, 6) is -1.68. The van der Waals surface area contributed by atoms with Gasteiger partial charge in [0.05, 0.1) is 19.3 Å². The lowest BCUT2D eigenvalue weighted by molar-refractivity contribution is -0.136. The summed E-state index contributed by atoms with van der Waals surface area (Å²) in [7, 11) is 2.85. The van der Waals surface area contributed by atoms with E-state index in [1.54, 1.807) is 31.2 Å². The van der Waals surface area contributed by atoms with Gasteiger partial charge in [-0.1, -0.05) is 23.7 Å². The molecular weight excluding hydrogens is 400 g/mol. The summed E-state index contributed by atoms with van der Waals surface area (Å²) in [5.41, 5.74) is 0.842. The molecule has 2 aromatic rings. The van der Waals surface area contributed by atoms with Crippen LogP contribution in [0.15, 0.2) is 36.4 Å². The Morgan fingerprint density at radius 1 is 1.21 bits per heavy atom. The van der Waals surface area contributed by atoms with Gasteiger partial charge in [-0.2, -0.15) is 0 Å². The van der Waals surface area contributed by atoms with E-state index in [-0.39, 0.29) is 17.9 Å². The minimum absolute atomic E-state index is 0.0359. The second-order valence-corrected chi connectivity index (χ2v) is 6.63. The third kappa shape index (κ3) is 5.86. The van der Waals surface area contributed by atoms with E-state index in [0.717, 1.165) is 4.90 Å². The molecule has 0 spiro atoms. The van der Waals surface area contributed by atoms with Crippen molar-refractivity contribution in [1.29, 1.82) is 0 Å². The summed E-state index contributed by atoms with van der Waals surface area (Å²) >= 11 is 5.92. The maximum absolute atomic E-state index is 12.2. The minimum atomic E-state index is -0.832. The van der Waals surface area contributed by atoms with Crippen molar-refractivity contribution in [2.24, 2.45) is 0 Å². The normalized spacial score (nSPS) is 10.2. The van der Waals surface area contributed by atoms with Gasteiger partial charge in [0, 0.05) is 12.1 Å². The van der Waals surface area contributed by atoms with E-state index in [0.29, 0.717) is 22.0 Å². The zero-order valence-corrected chi connectivity index (χ0v) is 16.9. The molecule has 8 nitrogen and oxygen atoms in total. The van der Waals surface area contributed by atoms with Crippen molar-refractivity contribution in [2.75, 3.05) is 32.6 Å². The summed E-state index contributed by atoms with van der Waals surface area (Å²) in [5, 5.41) is 12.9. The van der Waals surface area contributed by atoms with Crippen LogP contribution in [0, 0.1) is 6.92 Å². The van der Waals surface area contributed by atoms with Gasteiger partial charge in [-0.25, -0.2) is 4.79 Å². The number of carbonyl (C=O) groups is 3. The second kappa shape index (κ2) is 9.79. The van der Waals surface area contributed by atoms with E-state index in [1.165, 1.54) is 26.3 Å². The molecule has 2 aromatic carbocycles. The largest absolute Gasteiger partial charge is 0.507 e. The van der Waals surface area contributed by atoms with Gasteiger partial charge in [0.25, 0.3) is 5.91 Å². The Morgan fingerprint density at radius 3 is 2.62 bits per heavy atom. The number of esters is 1. The molecule has 0 saturated heterocycles. The van der Waals surface area contributed by atoms with Crippen molar-refractivity contribution >= 4 is 35.1 Å². The summed E-state index contributed by atoms with van der Waals surface area (Å²) in [6.07, 6.45) is 0. The standard InChI is InChI=1S/C20H21ClN2O6/c1-12-5-4-6-14(19(12)26)20(27)29-11-18(25)23(2)10-17(24)22-15-9-13(21)7-8-16(15)28-3/h4-9,26H,10-11H2,1-3H3,(H,22,24). The Morgan fingerprint density at radius 2 is 1.93 bits per heavy atom. The molecule has 2 rings (SSSR count). The Hall–Kier alpha value is -3.26. The van der Waals surface area contributed by atoms with Crippen LogP contribution in [0.4, 0.5) is 5.69 Å². The molecule has 9 heteroatoms. The number of phenolic OH excluding ortho intramolecular Hbond substituents is 1. The van der Waals surface area contributed by atoms with Gasteiger partial charge in [0.1, 0.15) is 17.1 Å². The summed E-state index contributed by atoms with van der Waals surface area (Å²) < 4.78 is 10.1. The number of ether oxygens (including phenoxy) is 2. The number of hydrogen-bond donors (Lipinski definition) is 2. The number of amides is 2. The Kier molecular flexibility index (Phi) is 7.44. The molecule has 0 aliphatic carbocycles. The molecule has 0 atom stereocenters. The third-order valence-corrected chi connectivity index (χ3v) is 4.26. The second-order valence-electron chi connectivity index (χ2n) is 6.19. The van der Waals surface area contributed by atoms with Crippen LogP contribution in [-0.2, 0) is 14.3 Å². The van der Waals surface area contributed by atoms with Crippen LogP contribution in [0.2, 0.25) is 5.02 Å². The fourth-order valence-corrected chi connectivity index (χ4v) is 2.58. The fraction of sp³-hybridized carbons (Fsp3) is 0.250. The lowest BCUT2D eigenvalue weighted by Crippen LogP contribution is -2.37. The van der Waals surface area contributed by atoms with Gasteiger partial charge >= 0.3 is 5.97 Å². The third-order valence-electron chi connectivity index (χ3n) is 4.03. The van der Waals surface area contributed by atoms with Gasteiger partial charge in [-0.15, -0.1) is 0 Å². The van der Waals surface area contributed by atoms with Gasteiger partial charge in [-0.05, 0) is 36.8 Å². The Bertz CT molecular complexity index is 931. The first-order valence-electron chi connectivity index (χ1n) is 8.56. The first-order valence-corrected chi connectivity index (χ1v) is 8.93. The van der Waals surface area contributed by atoms with E-state index < -0.39 is 24.4 Å². The fourth-order valence-electron chi connectivity index (χ4n) is 2.41. The first kappa shape index (κ1) is 22.0. The number of phenols is 1. The lowest BCUT2D eigenvalue weighted by Gasteiger charge is -2.17. The summed E-state index contributed by atoms with van der Waals surface area (Å²) in [6, 6.07) is 9.37. The number of methoxy groups -OCH3 is 1. The highest BCUT2D eigenvalue weighted by molar-refractivity contribution is 6.31. The number of aryl methyl sites for hydroxylation is 1. The molecule has 0 unspecified atom stereocenters. The number of nitrogens with zero attached hydrogens (tertiary/aromatic N) is 1. The predicted molar refractivity (Wildman–Crippen MR) is 107 cm³/mol. The maximum atomic E-state index is 12.2. The number of hydrogen-bond acceptors (Lipinski definition) is 6. The van der Waals surface area contributed by atoms with Crippen LogP contribution < -0.4 is 10.1 Å². The zero-order valence-electron chi connectivity index (χ0n) is 16.2. The molecule has 154 valence electrons. The number of halogens is 1. The van der Waals surface area contributed by atoms with Crippen molar-refractivity contribution < 1.29 is 29.0 Å². The molecule has 0 fully saturated rings. The van der Waals surface area contributed by atoms with Gasteiger partial charge in [-0.3, -0.25) is 9.59 Å². The van der Waals surface area contributed by atoms with Crippen molar-refractivity contribution in [2.45, 2.75) is 6.92 Å². The van der Waals surface area contributed by atoms with E-state index in [9.17, 15) is 19.5 Å². The minimum Gasteiger partial charge on any atom is -0.507 e. The molecule has 2 amide bonds. The highest BCUT2D eigenvalue weighted by Crippen LogP contribution is 2.27. The van der Waals surface area contributed by atoms with Gasteiger partial charge in [0.15, 0.2) is 6.61 Å². The number of carbonyl (C=O) groups excluding carboxylic acids is 3. The lowest BCUT2D eigenvalue weighted by atomic mass is 10.1. The quantitative estimate of drug-likeness (QED) is 0.667. The van der Waals surface area contributed by atoms with Crippen molar-refractivity contribution in [3.05, 3.63) is 52.5 Å². The number of anilines is 1. The first-order chi connectivity index (χ1) is 13.7. The van der Waals surface area contributed by atoms with Gasteiger partial charge in [0.2, 0.25) is 5.91 Å². The number of nitrogens with one attached hydrogen (secondary N) is 1. The predicted octanol–water partition coefficient (Wildman–Crippen LogP) is 2.62. The van der Waals surface area contributed by atoms with Crippen molar-refractivity contribution in [3.63, 3.8) is 0 Å². The maximum Gasteiger partial charge on any atom is 0.342 e. The van der Waals surface area contributed by atoms with E-state index in [2.05, 4.69) is 5.32 Å². The van der Waals surface area contributed by atoms with Crippen molar-refractivity contribution in [1.82, 2.24) is 4.90 Å². The highest BCUT2D eigenvalue weighted by atomic mass is 35.5. The molecule has 0 heterocycles. The van der Waals surface area contributed by atoms with E-state index in [1.807, 2.05) is 0 Å². The Labute approximate surface area is 173 Å². The van der Waals surface area contributed by atoms with Crippen LogP contribution in [0.1, 0.15) is 15.9 Å². The molecule has 0 aliphatic heterocycles. The van der Waals surface area contributed by atoms with Crippen LogP contribution in [0.3, 0.4) is 0 Å². The molecule has 0 bridgehead atoms. The topological polar surface area (TPSA) is 105 Å². The number of likely N-dealkylation sites (N-methyl/N-ethyl adjacent to an activating group) is 1. The molecular formula is C20H21ClN2O6. The molecule has 0 saturated carbocycles. The summed E-state index contributed by atoms with van der Waals surface area (Å²) in [4.78, 5) is 37.5. The van der Waals surface area contributed by atoms with Gasteiger partial charge < -0.3 is 24.8 Å². The van der Waals surface area contributed by atoms with Crippen LogP contribution in [-0.4, -0.2) is 55.1 Å². The SMILES string of the molecule is COc1ccc(Cl)cc1NC(=O)CN(C)C(=O)COC(=O)c1cccc(C)c1O. The number of rotatable bonds is 7. The number of benzene rings is 2. The molecule has 0 radical (unpaired) electrons. The van der Waals surface area contributed by atoms with Crippen molar-refractivity contribution in [3.8, 4) is 11.5 Å². The zero-order chi connectivity index (χ0) is 21.6. The average Bonchev–Trinajstić information content (AvgIpc) is 2.68. The molecule has 2 N–H and O–H groups in total. The Balaban J connectivity index is 1.90. The highest BCUT2D eigenvalue weighted by Gasteiger charge is 2.19. The molecule has 0 aromatic heterocycles. The van der Waals surface area contributed by atoms with Crippen LogP contribution in [0.5, 0.6) is 11.5 Å². The smallest absolute Gasteiger partial charge is 0.342 e. The van der Waals surface area contributed by atoms with E-state index >= 15 is 0 Å². The molecule has 29 heavy (non-hydrogen) atoms. The van der Waals surface area contributed by atoms with Crippen LogP contribution >= 0.6 is 11.6 Å². The number of aromatic hydroxyl groups is 1. The molecule has 0 aliphatic rings.